The van der Waals surface area contributed by atoms with Crippen LogP contribution in [0.4, 0.5) is 0 Å². The Morgan fingerprint density at radius 2 is 2.16 bits per heavy atom. The number of aliphatic imine (C=N–C) groups is 1. The van der Waals surface area contributed by atoms with Crippen LogP contribution in [-0.4, -0.2) is 47.6 Å². The number of nitrogens with one attached hydrogen (secondary N) is 2. The molecule has 0 radical (unpaired) electrons. The van der Waals surface area contributed by atoms with Gasteiger partial charge in [-0.05, 0) is 45.6 Å². The number of nitrogens with zero attached hydrogens (tertiary/aromatic N) is 1. The highest BCUT2D eigenvalue weighted by Crippen LogP contribution is 2.25. The number of thioether (sulfide) groups is 2. The molecule has 6 heteroatoms. The van der Waals surface area contributed by atoms with Gasteiger partial charge in [0.15, 0.2) is 5.96 Å². The predicted molar refractivity (Wildman–Crippen MR) is 102 cm³/mol. The zero-order chi connectivity index (χ0) is 13.4. The monoisotopic (exact) mass is 417 g/mol. The molecule has 0 bridgehead atoms. The summed E-state index contributed by atoms with van der Waals surface area (Å²) in [6.07, 6.45) is 4.85. The van der Waals surface area contributed by atoms with Crippen molar-refractivity contribution in [3.63, 3.8) is 0 Å². The Labute approximate surface area is 143 Å². The van der Waals surface area contributed by atoms with E-state index in [2.05, 4.69) is 54.4 Å². The van der Waals surface area contributed by atoms with Crippen molar-refractivity contribution in [2.45, 2.75) is 43.6 Å². The maximum absolute atomic E-state index is 4.68. The van der Waals surface area contributed by atoms with E-state index in [9.17, 15) is 0 Å². The summed E-state index contributed by atoms with van der Waals surface area (Å²) in [4.78, 5) is 4.68. The van der Waals surface area contributed by atoms with Crippen molar-refractivity contribution in [2.75, 3.05) is 31.6 Å². The normalized spacial score (nSPS) is 20.0. The molecule has 19 heavy (non-hydrogen) atoms. The molecule has 1 atom stereocenters. The number of guanidine groups is 1. The van der Waals surface area contributed by atoms with E-state index in [-0.39, 0.29) is 28.7 Å². The maximum Gasteiger partial charge on any atom is 0.191 e. The van der Waals surface area contributed by atoms with E-state index in [1.807, 2.05) is 11.8 Å². The Morgan fingerprint density at radius 1 is 1.42 bits per heavy atom. The summed E-state index contributed by atoms with van der Waals surface area (Å²) in [6.45, 7) is 9.39. The molecule has 1 aliphatic heterocycles. The third-order valence-electron chi connectivity index (χ3n) is 3.04. The first kappa shape index (κ1) is 19.7. The predicted octanol–water partition coefficient (Wildman–Crippen LogP) is 3.20. The molecule has 1 unspecified atom stereocenters. The second-order valence-corrected chi connectivity index (χ2v) is 8.10. The van der Waals surface area contributed by atoms with Crippen LogP contribution < -0.4 is 10.6 Å². The Balaban J connectivity index is 0.00000324. The molecule has 0 aromatic carbocycles. The standard InChI is InChI=1S/C13H27N3S2.HI/c1-5-14-12(16-10-13(2,3)17-4)15-9-11-7-6-8-18-11;/h11H,5-10H2,1-4H3,(H2,14,15,16);1H. The third kappa shape index (κ3) is 8.55. The summed E-state index contributed by atoms with van der Waals surface area (Å²) in [6, 6.07) is 0. The fourth-order valence-corrected chi connectivity index (χ4v) is 3.09. The zero-order valence-electron chi connectivity index (χ0n) is 12.5. The van der Waals surface area contributed by atoms with Gasteiger partial charge in [-0.2, -0.15) is 23.5 Å². The lowest BCUT2D eigenvalue weighted by atomic mass is 10.2. The Bertz CT molecular complexity index is 267. The highest BCUT2D eigenvalue weighted by molar-refractivity contribution is 14.0. The number of hydrogen-bond acceptors (Lipinski definition) is 3. The van der Waals surface area contributed by atoms with E-state index in [0.29, 0.717) is 0 Å². The van der Waals surface area contributed by atoms with Crippen molar-refractivity contribution in [3.05, 3.63) is 0 Å². The van der Waals surface area contributed by atoms with Gasteiger partial charge in [0.1, 0.15) is 0 Å². The molecule has 1 rings (SSSR count). The zero-order valence-corrected chi connectivity index (χ0v) is 16.5. The first-order valence-electron chi connectivity index (χ1n) is 6.76. The summed E-state index contributed by atoms with van der Waals surface area (Å²) in [5.41, 5.74) is 0. The molecule has 1 aliphatic rings. The highest BCUT2D eigenvalue weighted by Gasteiger charge is 2.17. The lowest BCUT2D eigenvalue weighted by Gasteiger charge is -2.21. The maximum atomic E-state index is 4.68. The van der Waals surface area contributed by atoms with Crippen molar-refractivity contribution in [3.8, 4) is 0 Å². The molecular formula is C13H28IN3S2. The Kier molecular flexibility index (Phi) is 10.8. The van der Waals surface area contributed by atoms with Gasteiger partial charge in [0.25, 0.3) is 0 Å². The van der Waals surface area contributed by atoms with Gasteiger partial charge >= 0.3 is 0 Å². The van der Waals surface area contributed by atoms with E-state index in [1.165, 1.54) is 18.6 Å². The highest BCUT2D eigenvalue weighted by atomic mass is 127. The third-order valence-corrected chi connectivity index (χ3v) is 5.67. The van der Waals surface area contributed by atoms with Crippen LogP contribution in [-0.2, 0) is 0 Å². The summed E-state index contributed by atoms with van der Waals surface area (Å²) < 4.78 is 0.213. The van der Waals surface area contributed by atoms with Crippen LogP contribution in [0.5, 0.6) is 0 Å². The van der Waals surface area contributed by atoms with Gasteiger partial charge in [-0.3, -0.25) is 4.99 Å². The van der Waals surface area contributed by atoms with E-state index < -0.39 is 0 Å². The van der Waals surface area contributed by atoms with Gasteiger partial charge in [-0.1, -0.05) is 0 Å². The van der Waals surface area contributed by atoms with Crippen LogP contribution in [0.2, 0.25) is 0 Å². The number of halogens is 1. The summed E-state index contributed by atoms with van der Waals surface area (Å²) >= 11 is 3.94. The van der Waals surface area contributed by atoms with Crippen LogP contribution in [0, 0.1) is 0 Å². The topological polar surface area (TPSA) is 36.4 Å². The summed E-state index contributed by atoms with van der Waals surface area (Å²) in [5.74, 6) is 2.28. The molecule has 0 aromatic heterocycles. The molecule has 1 heterocycles. The van der Waals surface area contributed by atoms with E-state index in [1.54, 1.807) is 0 Å². The van der Waals surface area contributed by atoms with Crippen molar-refractivity contribution >= 4 is 53.5 Å². The van der Waals surface area contributed by atoms with Gasteiger partial charge in [0.2, 0.25) is 0 Å². The minimum Gasteiger partial charge on any atom is -0.357 e. The molecular weight excluding hydrogens is 389 g/mol. The molecule has 1 fully saturated rings. The van der Waals surface area contributed by atoms with Gasteiger partial charge < -0.3 is 10.6 Å². The van der Waals surface area contributed by atoms with E-state index in [4.69, 9.17) is 0 Å². The lowest BCUT2D eigenvalue weighted by Crippen LogP contribution is -2.41. The lowest BCUT2D eigenvalue weighted by molar-refractivity contribution is 0.698. The summed E-state index contributed by atoms with van der Waals surface area (Å²) in [5, 5.41) is 7.56. The van der Waals surface area contributed by atoms with Crippen LogP contribution >= 0.6 is 47.5 Å². The summed E-state index contributed by atoms with van der Waals surface area (Å²) in [7, 11) is 0. The minimum absolute atomic E-state index is 0. The molecule has 3 nitrogen and oxygen atoms in total. The number of rotatable bonds is 6. The first-order valence-corrected chi connectivity index (χ1v) is 9.03. The van der Waals surface area contributed by atoms with E-state index >= 15 is 0 Å². The Hall–Kier alpha value is 0.700. The molecule has 0 spiro atoms. The largest absolute Gasteiger partial charge is 0.357 e. The molecule has 114 valence electrons. The average Bonchev–Trinajstić information content (AvgIpc) is 2.86. The minimum atomic E-state index is 0. The van der Waals surface area contributed by atoms with Crippen LogP contribution in [0.1, 0.15) is 33.6 Å². The second kappa shape index (κ2) is 10.4. The molecule has 2 N–H and O–H groups in total. The molecule has 0 saturated carbocycles. The fraction of sp³-hybridized carbons (Fsp3) is 0.923. The smallest absolute Gasteiger partial charge is 0.191 e. The van der Waals surface area contributed by atoms with Crippen LogP contribution in [0.15, 0.2) is 4.99 Å². The molecule has 0 amide bonds. The average molecular weight is 417 g/mol. The van der Waals surface area contributed by atoms with Crippen LogP contribution in [0.25, 0.3) is 0 Å². The van der Waals surface area contributed by atoms with Gasteiger partial charge in [0, 0.05) is 23.1 Å². The number of hydrogen-bond donors (Lipinski definition) is 2. The fourth-order valence-electron chi connectivity index (χ4n) is 1.69. The SMILES string of the molecule is CCNC(=NCC(C)(C)SC)NCC1CCCS1.I. The van der Waals surface area contributed by atoms with Crippen molar-refractivity contribution < 1.29 is 0 Å². The molecule has 0 aromatic rings. The van der Waals surface area contributed by atoms with Crippen molar-refractivity contribution in [2.24, 2.45) is 4.99 Å². The second-order valence-electron chi connectivity index (χ2n) is 5.17. The molecule has 0 aliphatic carbocycles. The van der Waals surface area contributed by atoms with E-state index in [0.717, 1.165) is 30.8 Å². The van der Waals surface area contributed by atoms with Crippen molar-refractivity contribution in [1.82, 2.24) is 10.6 Å². The van der Waals surface area contributed by atoms with Gasteiger partial charge in [-0.15, -0.1) is 24.0 Å². The quantitative estimate of drug-likeness (QED) is 0.395. The Morgan fingerprint density at radius 3 is 2.68 bits per heavy atom. The van der Waals surface area contributed by atoms with Crippen LogP contribution in [0.3, 0.4) is 0 Å². The van der Waals surface area contributed by atoms with Gasteiger partial charge in [0.05, 0.1) is 6.54 Å². The first-order chi connectivity index (χ1) is 8.57. The van der Waals surface area contributed by atoms with Gasteiger partial charge in [-0.25, -0.2) is 0 Å². The van der Waals surface area contributed by atoms with Crippen molar-refractivity contribution in [1.29, 1.82) is 0 Å². The molecule has 1 saturated heterocycles.